The van der Waals surface area contributed by atoms with Crippen molar-refractivity contribution in [3.05, 3.63) is 28.2 Å². The summed E-state index contributed by atoms with van der Waals surface area (Å²) < 4.78 is 0.957. The Morgan fingerprint density at radius 3 is 2.63 bits per heavy atom. The third-order valence-electron chi connectivity index (χ3n) is 3.86. The van der Waals surface area contributed by atoms with Gasteiger partial charge in [-0.2, -0.15) is 0 Å². The van der Waals surface area contributed by atoms with E-state index in [4.69, 9.17) is 11.1 Å². The topological polar surface area (TPSA) is 56.4 Å². The van der Waals surface area contributed by atoms with Gasteiger partial charge in [-0.15, -0.1) is 0 Å². The summed E-state index contributed by atoms with van der Waals surface area (Å²) in [5, 5.41) is 7.73. The zero-order chi connectivity index (χ0) is 14.0. The Bertz CT molecular complexity index is 467. The summed E-state index contributed by atoms with van der Waals surface area (Å²) in [6.07, 6.45) is 2.31. The molecule has 104 valence electrons. The minimum atomic E-state index is 0.121. The Hall–Kier alpha value is -1.07. The quantitative estimate of drug-likeness (QED) is 0.662. The lowest BCUT2D eigenvalue weighted by Gasteiger charge is -2.37. The van der Waals surface area contributed by atoms with E-state index < -0.39 is 0 Å². The third kappa shape index (κ3) is 3.28. The maximum absolute atomic E-state index is 7.73. The van der Waals surface area contributed by atoms with E-state index in [1.165, 1.54) is 0 Å². The molecule has 1 saturated heterocycles. The van der Waals surface area contributed by atoms with E-state index >= 15 is 0 Å². The summed E-state index contributed by atoms with van der Waals surface area (Å²) in [6, 6.07) is 6.49. The van der Waals surface area contributed by atoms with Crippen LogP contribution >= 0.6 is 15.9 Å². The van der Waals surface area contributed by atoms with Gasteiger partial charge in [0.1, 0.15) is 5.84 Å². The Morgan fingerprint density at radius 2 is 2.05 bits per heavy atom. The highest BCUT2D eigenvalue weighted by Crippen LogP contribution is 2.27. The molecule has 19 heavy (non-hydrogen) atoms. The first kappa shape index (κ1) is 14.3. The highest BCUT2D eigenvalue weighted by Gasteiger charge is 2.22. The van der Waals surface area contributed by atoms with E-state index in [9.17, 15) is 0 Å². The van der Waals surface area contributed by atoms with Crippen molar-refractivity contribution in [3.8, 4) is 0 Å². The van der Waals surface area contributed by atoms with Crippen LogP contribution in [0.5, 0.6) is 0 Å². The molecule has 0 unspecified atom stereocenters. The van der Waals surface area contributed by atoms with E-state index in [0.717, 1.165) is 41.7 Å². The van der Waals surface area contributed by atoms with Crippen LogP contribution < -0.4 is 10.6 Å². The summed E-state index contributed by atoms with van der Waals surface area (Å²) in [4.78, 5) is 4.63. The molecule has 0 aromatic heterocycles. The number of anilines is 1. The lowest BCUT2D eigenvalue weighted by molar-refractivity contribution is 0.253. The van der Waals surface area contributed by atoms with Crippen LogP contribution in [-0.4, -0.2) is 44.0 Å². The van der Waals surface area contributed by atoms with E-state index in [-0.39, 0.29) is 5.84 Å². The van der Waals surface area contributed by atoms with Crippen molar-refractivity contribution in [2.24, 2.45) is 5.73 Å². The first-order chi connectivity index (χ1) is 8.99. The standard InChI is InChI=1S/C14H21BrN4/c1-18-7-5-11(6-8-18)19(2)13-4-3-10(15)9-12(13)14(16)17/h3-4,9,11H,5-8H2,1-2H3,(H3,16,17). The maximum Gasteiger partial charge on any atom is 0.124 e. The lowest BCUT2D eigenvalue weighted by Crippen LogP contribution is -2.42. The Labute approximate surface area is 123 Å². The summed E-state index contributed by atoms with van der Waals surface area (Å²) in [6.45, 7) is 2.25. The Morgan fingerprint density at radius 1 is 1.42 bits per heavy atom. The van der Waals surface area contributed by atoms with Crippen molar-refractivity contribution < 1.29 is 0 Å². The number of amidine groups is 1. The second-order valence-electron chi connectivity index (χ2n) is 5.22. The number of benzene rings is 1. The molecule has 0 spiro atoms. The molecule has 1 fully saturated rings. The third-order valence-corrected chi connectivity index (χ3v) is 4.36. The minimum absolute atomic E-state index is 0.121. The number of hydrogen-bond acceptors (Lipinski definition) is 3. The van der Waals surface area contributed by atoms with Crippen LogP contribution in [0.3, 0.4) is 0 Å². The monoisotopic (exact) mass is 324 g/mol. The molecule has 1 aliphatic heterocycles. The van der Waals surface area contributed by atoms with Gasteiger partial charge in [-0.25, -0.2) is 0 Å². The predicted octanol–water partition coefficient (Wildman–Crippen LogP) is 2.26. The molecule has 1 aliphatic rings. The molecule has 3 N–H and O–H groups in total. The average Bonchev–Trinajstić information content (AvgIpc) is 2.38. The van der Waals surface area contributed by atoms with Gasteiger partial charge in [-0.05, 0) is 51.2 Å². The summed E-state index contributed by atoms with van der Waals surface area (Å²) >= 11 is 3.44. The highest BCUT2D eigenvalue weighted by molar-refractivity contribution is 9.10. The van der Waals surface area contributed by atoms with Crippen LogP contribution in [0.4, 0.5) is 5.69 Å². The molecule has 2 rings (SSSR count). The van der Waals surface area contributed by atoms with Crippen molar-refractivity contribution in [2.75, 3.05) is 32.1 Å². The van der Waals surface area contributed by atoms with Gasteiger partial charge >= 0.3 is 0 Å². The van der Waals surface area contributed by atoms with Crippen LogP contribution in [0.1, 0.15) is 18.4 Å². The fourth-order valence-electron chi connectivity index (χ4n) is 2.61. The molecule has 0 bridgehead atoms. The number of likely N-dealkylation sites (tertiary alicyclic amines) is 1. The first-order valence-electron chi connectivity index (χ1n) is 6.54. The van der Waals surface area contributed by atoms with Gasteiger partial charge in [0.2, 0.25) is 0 Å². The molecule has 0 atom stereocenters. The summed E-state index contributed by atoms with van der Waals surface area (Å²) in [5.41, 5.74) is 7.55. The molecule has 1 aromatic rings. The smallest absolute Gasteiger partial charge is 0.124 e. The fraction of sp³-hybridized carbons (Fsp3) is 0.500. The van der Waals surface area contributed by atoms with Gasteiger partial charge in [-0.1, -0.05) is 15.9 Å². The Kier molecular flexibility index (Phi) is 4.47. The summed E-state index contributed by atoms with van der Waals surface area (Å²) in [7, 11) is 4.27. The summed E-state index contributed by atoms with van der Waals surface area (Å²) in [5.74, 6) is 0.121. The molecular formula is C14H21BrN4. The van der Waals surface area contributed by atoms with Gasteiger partial charge in [0.05, 0.1) is 0 Å². The van der Waals surface area contributed by atoms with Gasteiger partial charge in [0.25, 0.3) is 0 Å². The second-order valence-corrected chi connectivity index (χ2v) is 6.14. The zero-order valence-corrected chi connectivity index (χ0v) is 13.1. The van der Waals surface area contributed by atoms with Gasteiger partial charge in [0, 0.05) is 28.8 Å². The zero-order valence-electron chi connectivity index (χ0n) is 11.5. The normalized spacial score (nSPS) is 17.4. The van der Waals surface area contributed by atoms with Gasteiger partial charge in [0.15, 0.2) is 0 Å². The van der Waals surface area contributed by atoms with Crippen molar-refractivity contribution >= 4 is 27.5 Å². The number of hydrogen-bond donors (Lipinski definition) is 2. The molecule has 0 saturated carbocycles. The predicted molar refractivity (Wildman–Crippen MR) is 84.1 cm³/mol. The van der Waals surface area contributed by atoms with Crippen LogP contribution in [0, 0.1) is 5.41 Å². The molecule has 0 amide bonds. The molecular weight excluding hydrogens is 304 g/mol. The lowest BCUT2D eigenvalue weighted by atomic mass is 10.0. The molecule has 1 heterocycles. The second kappa shape index (κ2) is 5.92. The number of halogens is 1. The number of nitrogens with zero attached hydrogens (tertiary/aromatic N) is 2. The van der Waals surface area contributed by atoms with Crippen LogP contribution in [0.15, 0.2) is 22.7 Å². The van der Waals surface area contributed by atoms with Gasteiger partial charge in [-0.3, -0.25) is 5.41 Å². The number of rotatable bonds is 3. The first-order valence-corrected chi connectivity index (χ1v) is 7.33. The molecule has 4 nitrogen and oxygen atoms in total. The SMILES string of the molecule is CN1CCC(N(C)c2ccc(Br)cc2C(=N)N)CC1. The van der Waals surface area contributed by atoms with E-state index in [1.807, 2.05) is 18.2 Å². The number of piperidine rings is 1. The fourth-order valence-corrected chi connectivity index (χ4v) is 2.97. The Balaban J connectivity index is 2.23. The van der Waals surface area contributed by atoms with E-state index in [2.05, 4.69) is 39.8 Å². The number of nitrogen functional groups attached to an aromatic ring is 1. The number of nitrogens with one attached hydrogen (secondary N) is 1. The van der Waals surface area contributed by atoms with Crippen molar-refractivity contribution in [1.82, 2.24) is 4.90 Å². The van der Waals surface area contributed by atoms with Crippen molar-refractivity contribution in [1.29, 1.82) is 5.41 Å². The molecule has 5 heteroatoms. The van der Waals surface area contributed by atoms with Crippen molar-refractivity contribution in [3.63, 3.8) is 0 Å². The molecule has 0 radical (unpaired) electrons. The molecule has 1 aromatic carbocycles. The van der Waals surface area contributed by atoms with E-state index in [1.54, 1.807) is 0 Å². The molecule has 0 aliphatic carbocycles. The van der Waals surface area contributed by atoms with Crippen LogP contribution in [-0.2, 0) is 0 Å². The number of nitrogens with two attached hydrogens (primary N) is 1. The van der Waals surface area contributed by atoms with Crippen molar-refractivity contribution in [2.45, 2.75) is 18.9 Å². The average molecular weight is 325 g/mol. The highest BCUT2D eigenvalue weighted by atomic mass is 79.9. The van der Waals surface area contributed by atoms with E-state index in [0.29, 0.717) is 6.04 Å². The maximum atomic E-state index is 7.73. The largest absolute Gasteiger partial charge is 0.384 e. The minimum Gasteiger partial charge on any atom is -0.384 e. The van der Waals surface area contributed by atoms with Crippen LogP contribution in [0.2, 0.25) is 0 Å². The van der Waals surface area contributed by atoms with Crippen LogP contribution in [0.25, 0.3) is 0 Å². The van der Waals surface area contributed by atoms with Gasteiger partial charge < -0.3 is 15.5 Å².